The third-order valence-corrected chi connectivity index (χ3v) is 12.7. The van der Waals surface area contributed by atoms with E-state index in [0.717, 1.165) is 161 Å². The first-order chi connectivity index (χ1) is 36.5. The van der Waals surface area contributed by atoms with E-state index < -0.39 is 6.10 Å². The maximum Gasteiger partial charge on any atom is 0.306 e. The summed E-state index contributed by atoms with van der Waals surface area (Å²) in [6.45, 7) is 6.42. The minimum absolute atomic E-state index is 0.0951. The molecular weight excluding hydrogens is 913 g/mol. The Kier molecular flexibility index (Phi) is 57.9. The van der Waals surface area contributed by atoms with Crippen molar-refractivity contribution in [1.82, 2.24) is 0 Å². The molecule has 0 radical (unpaired) electrons. The van der Waals surface area contributed by atoms with Crippen LogP contribution in [0.25, 0.3) is 0 Å². The molecule has 0 aromatic heterocycles. The molecule has 0 rings (SSSR count). The fraction of sp³-hybridized carbons (Fsp3) is 0.662. The standard InChI is InChI=1S/C68H112O6/c1-4-7-10-13-16-19-22-25-27-29-30-31-32-33-34-35-36-37-38-39-41-43-46-49-52-55-58-61-67(70)73-64-65(63-72-66(69)60-57-54-51-48-45-42-24-21-18-15-12-9-6-3)74-68(71)62-59-56-53-50-47-44-40-28-26-23-20-17-14-11-8-5-2/h7,10,12,15-16,19-21,23-25,27-28,30-31,33-34,36-37,40,65H,4-6,8-9,11,13-14,17-18,22,26,29,32,35,38-39,41-64H2,1-3H3/b10-7-,15-12-,19-16-,23-20-,24-21-,27-25-,31-30-,34-33-,37-36-,40-28-. The zero-order valence-electron chi connectivity index (χ0n) is 48.1. The molecule has 0 aliphatic rings. The molecule has 420 valence electrons. The van der Waals surface area contributed by atoms with Crippen LogP contribution < -0.4 is 0 Å². The lowest BCUT2D eigenvalue weighted by Crippen LogP contribution is -2.30. The Morgan fingerprint density at radius 3 is 0.878 bits per heavy atom. The second-order valence-electron chi connectivity index (χ2n) is 19.9. The van der Waals surface area contributed by atoms with Crippen LogP contribution in [0.15, 0.2) is 122 Å². The molecule has 0 aliphatic carbocycles. The summed E-state index contributed by atoms with van der Waals surface area (Å²) in [5.74, 6) is -0.930. The lowest BCUT2D eigenvalue weighted by atomic mass is 10.1. The Balaban J connectivity index is 4.36. The Morgan fingerprint density at radius 1 is 0.284 bits per heavy atom. The molecule has 1 atom stereocenters. The molecule has 0 aliphatic heterocycles. The van der Waals surface area contributed by atoms with Crippen molar-refractivity contribution in [1.29, 1.82) is 0 Å². The van der Waals surface area contributed by atoms with Crippen LogP contribution in [0, 0.1) is 0 Å². The second kappa shape index (κ2) is 61.4. The van der Waals surface area contributed by atoms with Crippen molar-refractivity contribution in [2.75, 3.05) is 13.2 Å². The molecule has 0 heterocycles. The van der Waals surface area contributed by atoms with E-state index in [-0.39, 0.29) is 31.1 Å². The van der Waals surface area contributed by atoms with Gasteiger partial charge in [0, 0.05) is 19.3 Å². The van der Waals surface area contributed by atoms with Gasteiger partial charge in [0.05, 0.1) is 0 Å². The van der Waals surface area contributed by atoms with Crippen LogP contribution in [0.1, 0.15) is 271 Å². The summed E-state index contributed by atoms with van der Waals surface area (Å²) in [6, 6.07) is 0. The number of hydrogen-bond acceptors (Lipinski definition) is 6. The van der Waals surface area contributed by atoms with Crippen LogP contribution >= 0.6 is 0 Å². The summed E-state index contributed by atoms with van der Waals surface area (Å²) in [5, 5.41) is 0. The highest BCUT2D eigenvalue weighted by atomic mass is 16.6. The summed E-state index contributed by atoms with van der Waals surface area (Å²) in [5.41, 5.74) is 0. The van der Waals surface area contributed by atoms with Crippen LogP contribution in [0.5, 0.6) is 0 Å². The number of allylic oxidation sites excluding steroid dienone is 20. The molecule has 0 aromatic rings. The number of rotatable bonds is 54. The SMILES string of the molecule is CC/C=C\C/C=C\C/C=C\C/C=C\C/C=C\C/C=C\CCCCCCCCCCC(=O)OCC(COC(=O)CCCCCCC/C=C\C/C=C\CCC)OC(=O)CCCCCCC/C=C\C/C=C\CCCCCC. The molecule has 0 amide bonds. The molecule has 0 aromatic carbocycles. The molecular formula is C68H112O6. The number of ether oxygens (including phenoxy) is 3. The van der Waals surface area contributed by atoms with E-state index in [1.165, 1.54) is 70.6 Å². The summed E-state index contributed by atoms with van der Waals surface area (Å²) in [6.07, 6.45) is 84.8. The largest absolute Gasteiger partial charge is 0.462 e. The van der Waals surface area contributed by atoms with E-state index in [0.29, 0.717) is 19.3 Å². The molecule has 0 N–H and O–H groups in total. The molecule has 0 spiro atoms. The first-order valence-corrected chi connectivity index (χ1v) is 30.5. The molecule has 74 heavy (non-hydrogen) atoms. The molecule has 6 heteroatoms. The van der Waals surface area contributed by atoms with Crippen LogP contribution in [-0.4, -0.2) is 37.2 Å². The topological polar surface area (TPSA) is 78.9 Å². The molecule has 6 nitrogen and oxygen atoms in total. The van der Waals surface area contributed by atoms with Gasteiger partial charge in [0.1, 0.15) is 13.2 Å². The van der Waals surface area contributed by atoms with Crippen molar-refractivity contribution in [2.24, 2.45) is 0 Å². The van der Waals surface area contributed by atoms with Crippen molar-refractivity contribution < 1.29 is 28.6 Å². The Hall–Kier alpha value is -4.19. The van der Waals surface area contributed by atoms with Gasteiger partial charge in [-0.3, -0.25) is 14.4 Å². The summed E-state index contributed by atoms with van der Waals surface area (Å²) in [4.78, 5) is 38.2. The third kappa shape index (κ3) is 58.7. The number of carbonyl (C=O) groups excluding carboxylic acids is 3. The fourth-order valence-corrected chi connectivity index (χ4v) is 8.10. The highest BCUT2D eigenvalue weighted by molar-refractivity contribution is 5.71. The zero-order chi connectivity index (χ0) is 53.6. The lowest BCUT2D eigenvalue weighted by molar-refractivity contribution is -0.167. The van der Waals surface area contributed by atoms with E-state index in [9.17, 15) is 14.4 Å². The van der Waals surface area contributed by atoms with Crippen LogP contribution in [-0.2, 0) is 28.6 Å². The van der Waals surface area contributed by atoms with Crippen LogP contribution in [0.4, 0.5) is 0 Å². The lowest BCUT2D eigenvalue weighted by Gasteiger charge is -2.18. The summed E-state index contributed by atoms with van der Waals surface area (Å²) in [7, 11) is 0. The van der Waals surface area contributed by atoms with E-state index in [1.807, 2.05) is 0 Å². The molecule has 1 unspecified atom stereocenters. The third-order valence-electron chi connectivity index (χ3n) is 12.7. The van der Waals surface area contributed by atoms with Gasteiger partial charge in [0.2, 0.25) is 0 Å². The van der Waals surface area contributed by atoms with E-state index in [4.69, 9.17) is 14.2 Å². The maximum absolute atomic E-state index is 12.9. The van der Waals surface area contributed by atoms with Gasteiger partial charge in [0.15, 0.2) is 6.10 Å². The minimum Gasteiger partial charge on any atom is -0.462 e. The van der Waals surface area contributed by atoms with Gasteiger partial charge < -0.3 is 14.2 Å². The molecule has 0 fully saturated rings. The average molecular weight is 1030 g/mol. The first-order valence-electron chi connectivity index (χ1n) is 30.5. The Labute approximate surface area is 456 Å². The van der Waals surface area contributed by atoms with Crippen molar-refractivity contribution in [3.8, 4) is 0 Å². The quantitative estimate of drug-likeness (QED) is 0.0261. The van der Waals surface area contributed by atoms with E-state index >= 15 is 0 Å². The van der Waals surface area contributed by atoms with E-state index in [2.05, 4.69) is 142 Å². The predicted molar refractivity (Wildman–Crippen MR) is 320 cm³/mol. The highest BCUT2D eigenvalue weighted by Gasteiger charge is 2.19. The van der Waals surface area contributed by atoms with E-state index in [1.54, 1.807) is 0 Å². The second-order valence-corrected chi connectivity index (χ2v) is 19.9. The number of carbonyl (C=O) groups is 3. The van der Waals surface area contributed by atoms with Gasteiger partial charge in [-0.2, -0.15) is 0 Å². The fourth-order valence-electron chi connectivity index (χ4n) is 8.10. The van der Waals surface area contributed by atoms with Crippen molar-refractivity contribution in [3.63, 3.8) is 0 Å². The van der Waals surface area contributed by atoms with Gasteiger partial charge in [-0.1, -0.05) is 245 Å². The Bertz CT molecular complexity index is 1550. The van der Waals surface area contributed by atoms with Gasteiger partial charge >= 0.3 is 17.9 Å². The highest BCUT2D eigenvalue weighted by Crippen LogP contribution is 2.14. The van der Waals surface area contributed by atoms with Crippen LogP contribution in [0.3, 0.4) is 0 Å². The van der Waals surface area contributed by atoms with Gasteiger partial charge in [-0.25, -0.2) is 0 Å². The van der Waals surface area contributed by atoms with Gasteiger partial charge in [-0.15, -0.1) is 0 Å². The monoisotopic (exact) mass is 1020 g/mol. The minimum atomic E-state index is -0.798. The molecule has 0 saturated carbocycles. The normalized spacial score (nSPS) is 13.0. The number of esters is 3. The first kappa shape index (κ1) is 69.8. The van der Waals surface area contributed by atoms with Crippen molar-refractivity contribution >= 4 is 17.9 Å². The molecule has 0 saturated heterocycles. The van der Waals surface area contributed by atoms with Crippen molar-refractivity contribution in [3.05, 3.63) is 122 Å². The van der Waals surface area contributed by atoms with Crippen LogP contribution in [0.2, 0.25) is 0 Å². The molecule has 0 bridgehead atoms. The summed E-state index contributed by atoms with van der Waals surface area (Å²) < 4.78 is 16.9. The Morgan fingerprint density at radius 2 is 0.554 bits per heavy atom. The average Bonchev–Trinajstić information content (AvgIpc) is 3.40. The van der Waals surface area contributed by atoms with Gasteiger partial charge in [-0.05, 0) is 128 Å². The smallest absolute Gasteiger partial charge is 0.306 e. The predicted octanol–water partition coefficient (Wildman–Crippen LogP) is 20.8. The van der Waals surface area contributed by atoms with Gasteiger partial charge in [0.25, 0.3) is 0 Å². The van der Waals surface area contributed by atoms with Crippen molar-refractivity contribution in [2.45, 2.75) is 277 Å². The maximum atomic E-state index is 12.9. The summed E-state index contributed by atoms with van der Waals surface area (Å²) >= 11 is 0. The zero-order valence-corrected chi connectivity index (χ0v) is 48.1. The number of hydrogen-bond donors (Lipinski definition) is 0. The number of unbranched alkanes of at least 4 members (excludes halogenated alkanes) is 23.